The summed E-state index contributed by atoms with van der Waals surface area (Å²) in [7, 11) is 0. The second-order valence-electron chi connectivity index (χ2n) is 9.53. The fourth-order valence-electron chi connectivity index (χ4n) is 4.86. The molecule has 0 fully saturated rings. The molecule has 2 aromatic heterocycles. The van der Waals surface area contributed by atoms with Crippen LogP contribution in [0, 0.1) is 19.7 Å². The fourth-order valence-corrected chi connectivity index (χ4v) is 4.86. The summed E-state index contributed by atoms with van der Waals surface area (Å²) in [5, 5.41) is 7.63. The lowest BCUT2D eigenvalue weighted by molar-refractivity contribution is 0.393. The van der Waals surface area contributed by atoms with Crippen LogP contribution in [-0.2, 0) is 13.1 Å². The number of fused-ring (bicyclic) bond motifs is 1. The van der Waals surface area contributed by atoms with Gasteiger partial charge in [0.15, 0.2) is 0 Å². The van der Waals surface area contributed by atoms with Gasteiger partial charge in [-0.3, -0.25) is 0 Å². The Kier molecular flexibility index (Phi) is 6.32. The average molecular weight is 503 g/mol. The van der Waals surface area contributed by atoms with Crippen LogP contribution in [0.4, 0.5) is 4.39 Å². The van der Waals surface area contributed by atoms with Gasteiger partial charge in [0, 0.05) is 24.2 Å². The van der Waals surface area contributed by atoms with Crippen LogP contribution in [0.3, 0.4) is 0 Å². The first-order chi connectivity index (χ1) is 18.5. The van der Waals surface area contributed by atoms with Crippen LogP contribution in [0.25, 0.3) is 44.7 Å². The lowest BCUT2D eigenvalue weighted by atomic mass is 10.0. The van der Waals surface area contributed by atoms with E-state index in [1.54, 1.807) is 6.07 Å². The van der Waals surface area contributed by atoms with Crippen LogP contribution in [-0.4, -0.2) is 15.1 Å². The van der Waals surface area contributed by atoms with E-state index in [2.05, 4.69) is 81.1 Å². The number of nitrogens with one attached hydrogen (secondary N) is 2. The van der Waals surface area contributed by atoms with Crippen molar-refractivity contribution in [3.8, 4) is 33.6 Å². The summed E-state index contributed by atoms with van der Waals surface area (Å²) in [6, 6.07) is 29.9. The third kappa shape index (κ3) is 4.86. The number of hydrogen-bond donors (Lipinski definition) is 2. The molecule has 6 aromatic rings. The first kappa shape index (κ1) is 23.8. The van der Waals surface area contributed by atoms with Crippen molar-refractivity contribution in [1.29, 1.82) is 0 Å². The summed E-state index contributed by atoms with van der Waals surface area (Å²) in [6.45, 7) is 5.45. The van der Waals surface area contributed by atoms with Gasteiger partial charge in [-0.15, -0.1) is 0 Å². The molecule has 0 radical (unpaired) electrons. The lowest BCUT2D eigenvalue weighted by Crippen LogP contribution is -2.12. The Morgan fingerprint density at radius 2 is 1.53 bits per heavy atom. The molecule has 0 amide bonds. The van der Waals surface area contributed by atoms with Crippen LogP contribution in [0.2, 0.25) is 0 Å². The highest BCUT2D eigenvalue weighted by Gasteiger charge is 2.12. The van der Waals surface area contributed by atoms with Crippen molar-refractivity contribution in [2.75, 3.05) is 0 Å². The predicted molar refractivity (Wildman–Crippen MR) is 149 cm³/mol. The van der Waals surface area contributed by atoms with Gasteiger partial charge in [-0.1, -0.05) is 65.8 Å². The third-order valence-corrected chi connectivity index (χ3v) is 6.77. The molecule has 0 unspecified atom stereocenters. The molecule has 188 valence electrons. The third-order valence-electron chi connectivity index (χ3n) is 6.77. The van der Waals surface area contributed by atoms with E-state index in [4.69, 9.17) is 4.52 Å². The normalized spacial score (nSPS) is 11.3. The summed E-state index contributed by atoms with van der Waals surface area (Å²) >= 11 is 0. The van der Waals surface area contributed by atoms with E-state index in [1.807, 2.05) is 26.0 Å². The molecule has 6 heteroatoms. The van der Waals surface area contributed by atoms with Crippen LogP contribution < -0.4 is 5.32 Å². The molecule has 0 bridgehead atoms. The monoisotopic (exact) mass is 502 g/mol. The summed E-state index contributed by atoms with van der Waals surface area (Å²) in [4.78, 5) is 7.85. The number of aryl methyl sites for hydroxylation is 2. The smallest absolute Gasteiger partial charge is 0.141 e. The minimum Gasteiger partial charge on any atom is -0.361 e. The lowest BCUT2D eigenvalue weighted by Gasteiger charge is -2.09. The van der Waals surface area contributed by atoms with Gasteiger partial charge in [0.25, 0.3) is 0 Å². The number of halogens is 1. The molecule has 38 heavy (non-hydrogen) atoms. The largest absolute Gasteiger partial charge is 0.361 e. The Labute approximate surface area is 220 Å². The number of H-pyrrole nitrogens is 1. The standard InChI is InChI=1S/C32H27FN4O/c1-20-31(21(2)38-37-20)26-7-3-5-23(15-26)19-34-18-22-9-11-24(12-10-22)25-6-4-8-27(16-25)32-35-29-14-13-28(33)17-30(29)36-32/h3-17,34H,18-19H2,1-2H3,(H,35,36). The maximum atomic E-state index is 13.6. The Bertz CT molecular complexity index is 1710. The molecule has 0 aliphatic heterocycles. The number of hydrogen-bond acceptors (Lipinski definition) is 4. The molecule has 0 spiro atoms. The molecule has 2 N–H and O–H groups in total. The number of rotatable bonds is 7. The first-order valence-electron chi connectivity index (χ1n) is 12.6. The number of imidazole rings is 1. The van der Waals surface area contributed by atoms with Crippen LogP contribution >= 0.6 is 0 Å². The fraction of sp³-hybridized carbons (Fsp3) is 0.125. The minimum absolute atomic E-state index is 0.276. The van der Waals surface area contributed by atoms with Crippen molar-refractivity contribution >= 4 is 11.0 Å². The summed E-state index contributed by atoms with van der Waals surface area (Å²) in [5.74, 6) is 1.29. The Hall–Kier alpha value is -4.55. The van der Waals surface area contributed by atoms with Crippen LogP contribution in [0.1, 0.15) is 22.6 Å². The van der Waals surface area contributed by atoms with E-state index in [0.29, 0.717) is 5.52 Å². The Morgan fingerprint density at radius 1 is 0.763 bits per heavy atom. The Balaban J connectivity index is 1.12. The van der Waals surface area contributed by atoms with Crippen molar-refractivity contribution in [1.82, 2.24) is 20.4 Å². The quantitative estimate of drug-likeness (QED) is 0.236. The SMILES string of the molecule is Cc1noc(C)c1-c1cccc(CNCc2ccc(-c3cccc(-c4nc5ccc(F)cc5[nH]4)c3)cc2)c1. The number of aromatic amines is 1. The zero-order chi connectivity index (χ0) is 26.1. The van der Waals surface area contributed by atoms with Crippen molar-refractivity contribution < 1.29 is 8.91 Å². The summed E-state index contributed by atoms with van der Waals surface area (Å²) in [6.07, 6.45) is 0. The maximum absolute atomic E-state index is 13.6. The van der Waals surface area contributed by atoms with E-state index < -0.39 is 0 Å². The number of benzene rings is 4. The molecular weight excluding hydrogens is 475 g/mol. The van der Waals surface area contributed by atoms with Gasteiger partial charge in [-0.25, -0.2) is 9.37 Å². The topological polar surface area (TPSA) is 66.7 Å². The van der Waals surface area contributed by atoms with Crippen LogP contribution in [0.15, 0.2) is 95.5 Å². The van der Waals surface area contributed by atoms with E-state index in [9.17, 15) is 4.39 Å². The van der Waals surface area contributed by atoms with Gasteiger partial charge in [0.05, 0.1) is 16.7 Å². The van der Waals surface area contributed by atoms with E-state index >= 15 is 0 Å². The van der Waals surface area contributed by atoms with Crippen molar-refractivity contribution in [3.63, 3.8) is 0 Å². The van der Waals surface area contributed by atoms with Gasteiger partial charge in [0.1, 0.15) is 17.4 Å². The van der Waals surface area contributed by atoms with Crippen molar-refractivity contribution in [3.05, 3.63) is 119 Å². The highest BCUT2D eigenvalue weighted by Crippen LogP contribution is 2.28. The zero-order valence-corrected chi connectivity index (χ0v) is 21.3. The molecule has 0 saturated carbocycles. The number of nitrogens with zero attached hydrogens (tertiary/aromatic N) is 2. The molecule has 0 aliphatic rings. The molecule has 0 aliphatic carbocycles. The second kappa shape index (κ2) is 10.1. The predicted octanol–water partition coefficient (Wildman–Crippen LogP) is 7.60. The molecule has 4 aromatic carbocycles. The summed E-state index contributed by atoms with van der Waals surface area (Å²) < 4.78 is 18.9. The Morgan fingerprint density at radius 3 is 2.34 bits per heavy atom. The van der Waals surface area contributed by atoms with E-state index in [0.717, 1.165) is 63.7 Å². The van der Waals surface area contributed by atoms with Gasteiger partial charge in [0.2, 0.25) is 0 Å². The number of aromatic nitrogens is 3. The maximum Gasteiger partial charge on any atom is 0.141 e. The van der Waals surface area contributed by atoms with Gasteiger partial charge in [-0.2, -0.15) is 0 Å². The van der Waals surface area contributed by atoms with E-state index in [1.165, 1.54) is 23.3 Å². The second-order valence-corrected chi connectivity index (χ2v) is 9.53. The van der Waals surface area contributed by atoms with Gasteiger partial charge in [-0.05, 0) is 72.0 Å². The summed E-state index contributed by atoms with van der Waals surface area (Å²) in [5.41, 5.74) is 10.2. The first-order valence-corrected chi connectivity index (χ1v) is 12.6. The van der Waals surface area contributed by atoms with E-state index in [-0.39, 0.29) is 5.82 Å². The van der Waals surface area contributed by atoms with Crippen molar-refractivity contribution in [2.24, 2.45) is 0 Å². The molecule has 6 rings (SSSR count). The molecule has 5 nitrogen and oxygen atoms in total. The van der Waals surface area contributed by atoms with Gasteiger partial charge < -0.3 is 14.8 Å². The average Bonchev–Trinajstić information content (AvgIpc) is 3.51. The molecule has 2 heterocycles. The minimum atomic E-state index is -0.276. The molecule has 0 atom stereocenters. The zero-order valence-electron chi connectivity index (χ0n) is 21.3. The molecule has 0 saturated heterocycles. The molecular formula is C32H27FN4O. The van der Waals surface area contributed by atoms with Crippen LogP contribution in [0.5, 0.6) is 0 Å². The van der Waals surface area contributed by atoms with Gasteiger partial charge >= 0.3 is 0 Å². The highest BCUT2D eigenvalue weighted by molar-refractivity contribution is 5.80. The highest BCUT2D eigenvalue weighted by atomic mass is 19.1. The van der Waals surface area contributed by atoms with Crippen molar-refractivity contribution in [2.45, 2.75) is 26.9 Å².